The predicted octanol–water partition coefficient (Wildman–Crippen LogP) is 3.97. The summed E-state index contributed by atoms with van der Waals surface area (Å²) in [6.45, 7) is 9.79. The van der Waals surface area contributed by atoms with Crippen molar-refractivity contribution in [2.75, 3.05) is 39.6 Å². The van der Waals surface area contributed by atoms with Crippen LogP contribution in [-0.2, 0) is 9.59 Å². The third-order valence-electron chi connectivity index (χ3n) is 6.46. The molecular weight excluding hydrogens is 448 g/mol. The van der Waals surface area contributed by atoms with Crippen molar-refractivity contribution in [3.63, 3.8) is 0 Å². The lowest BCUT2D eigenvalue weighted by molar-refractivity contribution is -0.140. The van der Waals surface area contributed by atoms with Crippen LogP contribution in [0, 0.1) is 0 Å². The van der Waals surface area contributed by atoms with Gasteiger partial charge in [-0.1, -0.05) is 26.0 Å². The molecule has 0 aromatic heterocycles. The standard InChI is InChI=1S/C27H32N2O6/c1-4-28(5-2)14-7-15-29-24(18-8-11-20(12-9-18)33-6-3)23(26(31)27(29)32)25(30)19-10-13-21-22(16-19)35-17-34-21/h8-13,16,24,30H,4-7,14-15,17H2,1-3H3. The van der Waals surface area contributed by atoms with Crippen molar-refractivity contribution < 1.29 is 28.9 Å². The van der Waals surface area contributed by atoms with E-state index in [-0.39, 0.29) is 18.1 Å². The minimum absolute atomic E-state index is 0.0702. The van der Waals surface area contributed by atoms with E-state index in [4.69, 9.17) is 14.2 Å². The van der Waals surface area contributed by atoms with Crippen LogP contribution < -0.4 is 14.2 Å². The van der Waals surface area contributed by atoms with Gasteiger partial charge >= 0.3 is 0 Å². The van der Waals surface area contributed by atoms with Crippen molar-refractivity contribution in [1.29, 1.82) is 0 Å². The summed E-state index contributed by atoms with van der Waals surface area (Å²) in [6, 6.07) is 11.6. The molecule has 0 radical (unpaired) electrons. The van der Waals surface area contributed by atoms with Crippen LogP contribution in [0.4, 0.5) is 0 Å². The molecule has 4 rings (SSSR count). The van der Waals surface area contributed by atoms with Crippen molar-refractivity contribution >= 4 is 17.4 Å². The Hall–Kier alpha value is -3.52. The van der Waals surface area contributed by atoms with Gasteiger partial charge in [0, 0.05) is 12.1 Å². The predicted molar refractivity (Wildman–Crippen MR) is 132 cm³/mol. The molecule has 1 atom stereocenters. The second-order valence-electron chi connectivity index (χ2n) is 8.44. The van der Waals surface area contributed by atoms with Gasteiger partial charge in [-0.2, -0.15) is 0 Å². The number of Topliss-reactive ketones (excluding diaryl/α,β-unsaturated/α-hetero) is 1. The van der Waals surface area contributed by atoms with Crippen LogP contribution in [-0.4, -0.2) is 66.2 Å². The van der Waals surface area contributed by atoms with Crippen LogP contribution in [0.3, 0.4) is 0 Å². The number of aliphatic hydroxyl groups excluding tert-OH is 1. The number of carbonyl (C=O) groups excluding carboxylic acids is 2. The number of likely N-dealkylation sites (tertiary alicyclic amines) is 1. The number of hydrogen-bond donors (Lipinski definition) is 1. The maximum absolute atomic E-state index is 13.2. The molecule has 1 amide bonds. The van der Waals surface area contributed by atoms with Gasteiger partial charge in [0.25, 0.3) is 11.7 Å². The highest BCUT2D eigenvalue weighted by molar-refractivity contribution is 6.46. The summed E-state index contributed by atoms with van der Waals surface area (Å²) >= 11 is 0. The van der Waals surface area contributed by atoms with Crippen molar-refractivity contribution in [2.24, 2.45) is 0 Å². The molecule has 2 aromatic rings. The van der Waals surface area contributed by atoms with Gasteiger partial charge in [0.1, 0.15) is 11.5 Å². The summed E-state index contributed by atoms with van der Waals surface area (Å²) in [5.74, 6) is 0.228. The quantitative estimate of drug-likeness (QED) is 0.313. The average Bonchev–Trinajstić information content (AvgIpc) is 3.44. The number of nitrogens with zero attached hydrogens (tertiary/aromatic N) is 2. The van der Waals surface area contributed by atoms with Gasteiger partial charge in [0.05, 0.1) is 18.2 Å². The number of ketones is 1. The molecule has 2 aliphatic rings. The second-order valence-corrected chi connectivity index (χ2v) is 8.44. The molecule has 1 unspecified atom stereocenters. The Balaban J connectivity index is 1.72. The Morgan fingerprint density at radius 1 is 1.06 bits per heavy atom. The van der Waals surface area contributed by atoms with Gasteiger partial charge in [-0.05, 0) is 68.9 Å². The van der Waals surface area contributed by atoms with E-state index in [0.29, 0.717) is 42.4 Å². The lowest BCUT2D eigenvalue weighted by atomic mass is 9.95. The summed E-state index contributed by atoms with van der Waals surface area (Å²) in [5, 5.41) is 11.3. The van der Waals surface area contributed by atoms with E-state index in [1.807, 2.05) is 31.2 Å². The van der Waals surface area contributed by atoms with Crippen LogP contribution in [0.2, 0.25) is 0 Å². The average molecular weight is 481 g/mol. The smallest absolute Gasteiger partial charge is 0.295 e. The van der Waals surface area contributed by atoms with E-state index in [0.717, 1.165) is 25.2 Å². The third-order valence-corrected chi connectivity index (χ3v) is 6.46. The molecule has 186 valence electrons. The molecular formula is C27H32N2O6. The number of rotatable bonds is 10. The zero-order valence-corrected chi connectivity index (χ0v) is 20.5. The maximum Gasteiger partial charge on any atom is 0.295 e. The Morgan fingerprint density at radius 2 is 1.77 bits per heavy atom. The Bertz CT molecular complexity index is 1110. The first-order valence-corrected chi connectivity index (χ1v) is 12.1. The molecule has 1 N–H and O–H groups in total. The maximum atomic E-state index is 13.2. The van der Waals surface area contributed by atoms with Crippen LogP contribution in [0.25, 0.3) is 5.76 Å². The Labute approximate surface area is 205 Å². The van der Waals surface area contributed by atoms with E-state index in [1.165, 1.54) is 0 Å². The largest absolute Gasteiger partial charge is 0.507 e. The zero-order valence-electron chi connectivity index (χ0n) is 20.5. The molecule has 0 aliphatic carbocycles. The van der Waals surface area contributed by atoms with E-state index in [2.05, 4.69) is 18.7 Å². The molecule has 0 saturated carbocycles. The summed E-state index contributed by atoms with van der Waals surface area (Å²) in [5.41, 5.74) is 1.20. The summed E-state index contributed by atoms with van der Waals surface area (Å²) in [6.07, 6.45) is 0.715. The van der Waals surface area contributed by atoms with Gasteiger partial charge in [0.2, 0.25) is 6.79 Å². The lowest BCUT2D eigenvalue weighted by Gasteiger charge is -2.27. The molecule has 1 fully saturated rings. The Morgan fingerprint density at radius 3 is 2.46 bits per heavy atom. The number of benzene rings is 2. The normalized spacial score (nSPS) is 18.5. The van der Waals surface area contributed by atoms with Crippen molar-refractivity contribution in [3.05, 3.63) is 59.2 Å². The van der Waals surface area contributed by atoms with Crippen LogP contribution >= 0.6 is 0 Å². The van der Waals surface area contributed by atoms with Crippen molar-refractivity contribution in [3.8, 4) is 17.2 Å². The first kappa shape index (κ1) is 24.6. The minimum atomic E-state index is -0.701. The summed E-state index contributed by atoms with van der Waals surface area (Å²) in [4.78, 5) is 30.2. The van der Waals surface area contributed by atoms with Crippen LogP contribution in [0.5, 0.6) is 17.2 Å². The number of fused-ring (bicyclic) bond motifs is 1. The highest BCUT2D eigenvalue weighted by Crippen LogP contribution is 2.41. The van der Waals surface area contributed by atoms with Gasteiger partial charge in [0.15, 0.2) is 11.5 Å². The second kappa shape index (κ2) is 10.8. The van der Waals surface area contributed by atoms with E-state index in [9.17, 15) is 14.7 Å². The van der Waals surface area contributed by atoms with Gasteiger partial charge < -0.3 is 29.1 Å². The van der Waals surface area contributed by atoms with Crippen molar-refractivity contribution in [2.45, 2.75) is 33.2 Å². The van der Waals surface area contributed by atoms with Gasteiger partial charge in [-0.15, -0.1) is 0 Å². The zero-order chi connectivity index (χ0) is 24.9. The molecule has 2 heterocycles. The fourth-order valence-corrected chi connectivity index (χ4v) is 4.57. The first-order chi connectivity index (χ1) is 17.0. The van der Waals surface area contributed by atoms with E-state index >= 15 is 0 Å². The van der Waals surface area contributed by atoms with Crippen LogP contribution in [0.15, 0.2) is 48.0 Å². The number of amides is 1. The molecule has 0 spiro atoms. The first-order valence-electron chi connectivity index (χ1n) is 12.1. The summed E-state index contributed by atoms with van der Waals surface area (Å²) in [7, 11) is 0. The number of ether oxygens (including phenoxy) is 3. The number of aliphatic hydroxyl groups is 1. The highest BCUT2D eigenvalue weighted by Gasteiger charge is 2.45. The topological polar surface area (TPSA) is 88.5 Å². The van der Waals surface area contributed by atoms with Gasteiger partial charge in [-0.3, -0.25) is 9.59 Å². The van der Waals surface area contributed by atoms with Crippen molar-refractivity contribution in [1.82, 2.24) is 9.80 Å². The minimum Gasteiger partial charge on any atom is -0.507 e. The van der Waals surface area contributed by atoms with E-state index < -0.39 is 17.7 Å². The fraction of sp³-hybridized carbons (Fsp3) is 0.407. The Kier molecular flexibility index (Phi) is 7.60. The monoisotopic (exact) mass is 480 g/mol. The lowest BCUT2D eigenvalue weighted by Crippen LogP contribution is -2.33. The van der Waals surface area contributed by atoms with E-state index in [1.54, 1.807) is 23.1 Å². The number of hydrogen-bond acceptors (Lipinski definition) is 7. The molecule has 0 bridgehead atoms. The molecule has 2 aliphatic heterocycles. The molecule has 35 heavy (non-hydrogen) atoms. The molecule has 2 aromatic carbocycles. The third kappa shape index (κ3) is 4.98. The molecule has 8 heteroatoms. The molecule has 8 nitrogen and oxygen atoms in total. The summed E-state index contributed by atoms with van der Waals surface area (Å²) < 4.78 is 16.3. The van der Waals surface area contributed by atoms with Gasteiger partial charge in [-0.25, -0.2) is 0 Å². The molecule has 1 saturated heterocycles. The SMILES string of the molecule is CCOc1ccc(C2C(=C(O)c3ccc4c(c3)OCO4)C(=O)C(=O)N2CCCN(CC)CC)cc1. The van der Waals surface area contributed by atoms with Crippen LogP contribution in [0.1, 0.15) is 44.4 Å². The number of carbonyl (C=O) groups is 2. The highest BCUT2D eigenvalue weighted by atomic mass is 16.7. The fourth-order valence-electron chi connectivity index (χ4n) is 4.57.